The van der Waals surface area contributed by atoms with E-state index in [0.717, 1.165) is 34.5 Å². The number of thioether (sulfide) groups is 1. The van der Waals surface area contributed by atoms with Gasteiger partial charge >= 0.3 is 0 Å². The number of hydrazine groups is 1. The maximum atomic E-state index is 12.8. The summed E-state index contributed by atoms with van der Waals surface area (Å²) in [5.74, 6) is -0.159. The minimum Gasteiger partial charge on any atom is -0.494 e. The summed E-state index contributed by atoms with van der Waals surface area (Å²) in [7, 11) is 0. The maximum absolute atomic E-state index is 12.8. The van der Waals surface area contributed by atoms with E-state index in [1.807, 2.05) is 24.3 Å². The largest absolute Gasteiger partial charge is 0.494 e. The van der Waals surface area contributed by atoms with Crippen molar-refractivity contribution in [2.75, 3.05) is 6.61 Å². The van der Waals surface area contributed by atoms with Crippen molar-refractivity contribution in [1.82, 2.24) is 10.4 Å². The Balaban J connectivity index is 1.54. The normalized spacial score (nSPS) is 14.7. The third-order valence-corrected chi connectivity index (χ3v) is 6.98. The second kappa shape index (κ2) is 13.1. The molecule has 0 saturated carbocycles. The first-order valence-electron chi connectivity index (χ1n) is 11.2. The molecule has 9 heteroatoms. The number of thiocarbonyl (C=S) groups is 1. The van der Waals surface area contributed by atoms with Crippen LogP contribution in [0.4, 0.5) is 0 Å². The van der Waals surface area contributed by atoms with Crippen LogP contribution in [0.2, 0.25) is 10.0 Å². The van der Waals surface area contributed by atoms with Crippen LogP contribution in [-0.2, 0) is 4.79 Å². The van der Waals surface area contributed by atoms with Gasteiger partial charge in [-0.15, -0.1) is 0 Å². The summed E-state index contributed by atoms with van der Waals surface area (Å²) >= 11 is 18.4. The smallest absolute Gasteiger partial charge is 0.285 e. The van der Waals surface area contributed by atoms with Gasteiger partial charge in [0.1, 0.15) is 5.75 Å². The maximum Gasteiger partial charge on any atom is 0.285 e. The molecule has 1 saturated heterocycles. The van der Waals surface area contributed by atoms with Crippen molar-refractivity contribution in [2.24, 2.45) is 0 Å². The molecule has 1 aliphatic rings. The Morgan fingerprint density at radius 3 is 2.50 bits per heavy atom. The van der Waals surface area contributed by atoms with Gasteiger partial charge in [0, 0.05) is 5.02 Å². The standard InChI is InChI=1S/C25H26Cl2N2O3S2/c1-2-3-4-5-6-7-14-32-19-11-8-17(9-12-19)15-22-24(31)29(25(33)34-22)28-23(30)20-13-10-18(26)16-21(20)27/h8-13,15-16H,2-7,14H2,1H3,(H,28,30). The first kappa shape index (κ1) is 26.5. The lowest BCUT2D eigenvalue weighted by atomic mass is 10.1. The molecule has 1 heterocycles. The molecule has 5 nitrogen and oxygen atoms in total. The van der Waals surface area contributed by atoms with Crippen LogP contribution in [0.3, 0.4) is 0 Å². The molecule has 0 radical (unpaired) electrons. The van der Waals surface area contributed by atoms with E-state index in [2.05, 4.69) is 12.3 Å². The molecular weight excluding hydrogens is 511 g/mol. The first-order valence-corrected chi connectivity index (χ1v) is 13.1. The van der Waals surface area contributed by atoms with E-state index in [0.29, 0.717) is 16.5 Å². The number of carbonyl (C=O) groups excluding carboxylic acids is 2. The Morgan fingerprint density at radius 2 is 1.79 bits per heavy atom. The van der Waals surface area contributed by atoms with Gasteiger partial charge in [0.25, 0.3) is 11.8 Å². The van der Waals surface area contributed by atoms with Crippen LogP contribution in [0, 0.1) is 0 Å². The fourth-order valence-corrected chi connectivity index (χ4v) is 4.96. The summed E-state index contributed by atoms with van der Waals surface area (Å²) in [5.41, 5.74) is 3.55. The number of hydrogen-bond donors (Lipinski definition) is 1. The molecule has 0 bridgehead atoms. The number of nitrogens with zero attached hydrogens (tertiary/aromatic N) is 1. The number of benzene rings is 2. The van der Waals surface area contributed by atoms with Gasteiger partial charge in [0.2, 0.25) is 0 Å². The number of nitrogens with one attached hydrogen (secondary N) is 1. The van der Waals surface area contributed by atoms with Crippen LogP contribution in [0.25, 0.3) is 6.08 Å². The number of hydrogen-bond acceptors (Lipinski definition) is 5. The molecule has 2 aromatic rings. The van der Waals surface area contributed by atoms with Crippen LogP contribution < -0.4 is 10.2 Å². The lowest BCUT2D eigenvalue weighted by Gasteiger charge is -2.16. The summed E-state index contributed by atoms with van der Waals surface area (Å²) in [5, 5.41) is 1.65. The molecule has 0 aromatic heterocycles. The SMILES string of the molecule is CCCCCCCCOc1ccc(C=C2SC(=S)N(NC(=O)c3ccc(Cl)cc3Cl)C2=O)cc1. The van der Waals surface area contributed by atoms with E-state index in [1.165, 1.54) is 44.2 Å². The fourth-order valence-electron chi connectivity index (χ4n) is 3.28. The minimum atomic E-state index is -0.550. The number of unbranched alkanes of at least 4 members (excludes halogenated alkanes) is 5. The number of rotatable bonds is 11. The minimum absolute atomic E-state index is 0.185. The average molecular weight is 538 g/mol. The second-order valence-corrected chi connectivity index (χ2v) is 10.3. The highest BCUT2D eigenvalue weighted by atomic mass is 35.5. The molecule has 1 fully saturated rings. The highest BCUT2D eigenvalue weighted by molar-refractivity contribution is 8.26. The van der Waals surface area contributed by atoms with Gasteiger partial charge in [-0.3, -0.25) is 15.0 Å². The van der Waals surface area contributed by atoms with Gasteiger partial charge in [-0.25, -0.2) is 0 Å². The Morgan fingerprint density at radius 1 is 1.09 bits per heavy atom. The molecule has 0 spiro atoms. The van der Waals surface area contributed by atoms with E-state index in [4.69, 9.17) is 40.2 Å². The van der Waals surface area contributed by atoms with Crippen LogP contribution in [0.1, 0.15) is 61.4 Å². The van der Waals surface area contributed by atoms with Crippen molar-refractivity contribution in [1.29, 1.82) is 0 Å². The summed E-state index contributed by atoms with van der Waals surface area (Å²) in [6, 6.07) is 12.0. The summed E-state index contributed by atoms with van der Waals surface area (Å²) < 4.78 is 6.04. The highest BCUT2D eigenvalue weighted by Gasteiger charge is 2.34. The summed E-state index contributed by atoms with van der Waals surface area (Å²) in [4.78, 5) is 25.8. The van der Waals surface area contributed by atoms with Gasteiger partial charge in [0.15, 0.2) is 4.32 Å². The molecule has 3 rings (SSSR count). The number of ether oxygens (including phenoxy) is 1. The topological polar surface area (TPSA) is 58.6 Å². The average Bonchev–Trinajstić information content (AvgIpc) is 3.06. The molecule has 2 amide bonds. The Hall–Kier alpha value is -2.06. The zero-order valence-corrected chi connectivity index (χ0v) is 22.0. The zero-order valence-electron chi connectivity index (χ0n) is 18.8. The van der Waals surface area contributed by atoms with Crippen molar-refractivity contribution in [3.8, 4) is 5.75 Å². The van der Waals surface area contributed by atoms with Crippen LogP contribution >= 0.6 is 47.2 Å². The second-order valence-electron chi connectivity index (χ2n) is 7.77. The van der Waals surface area contributed by atoms with E-state index in [1.54, 1.807) is 12.1 Å². The first-order chi connectivity index (χ1) is 16.4. The van der Waals surface area contributed by atoms with Gasteiger partial charge in [-0.2, -0.15) is 5.01 Å². The van der Waals surface area contributed by atoms with Crippen molar-refractivity contribution in [3.05, 3.63) is 68.5 Å². The molecular formula is C25H26Cl2N2O3S2. The quantitative estimate of drug-likeness (QED) is 0.186. The monoisotopic (exact) mass is 536 g/mol. The summed E-state index contributed by atoms with van der Waals surface area (Å²) in [6.07, 6.45) is 9.04. The molecule has 0 aliphatic carbocycles. The van der Waals surface area contributed by atoms with Gasteiger partial charge < -0.3 is 4.74 Å². The van der Waals surface area contributed by atoms with E-state index in [-0.39, 0.29) is 14.9 Å². The number of halogens is 2. The molecule has 0 unspecified atom stereocenters. The fraction of sp³-hybridized carbons (Fsp3) is 0.320. The van der Waals surface area contributed by atoms with Crippen molar-refractivity contribution in [2.45, 2.75) is 45.4 Å². The predicted octanol–water partition coefficient (Wildman–Crippen LogP) is 7.28. The number of carbonyl (C=O) groups is 2. The van der Waals surface area contributed by atoms with Crippen molar-refractivity contribution in [3.63, 3.8) is 0 Å². The number of amides is 2. The van der Waals surface area contributed by atoms with E-state index in [9.17, 15) is 9.59 Å². The Kier molecular flexibility index (Phi) is 10.3. The third-order valence-electron chi connectivity index (χ3n) is 5.13. The van der Waals surface area contributed by atoms with Gasteiger partial charge in [0.05, 0.1) is 22.1 Å². The Labute approximate surface area is 219 Å². The van der Waals surface area contributed by atoms with Crippen molar-refractivity contribution >= 4 is 69.4 Å². The lowest BCUT2D eigenvalue weighted by Crippen LogP contribution is -2.44. The summed E-state index contributed by atoms with van der Waals surface area (Å²) in [6.45, 7) is 2.91. The van der Waals surface area contributed by atoms with Gasteiger partial charge in [-0.05, 0) is 60.6 Å². The third kappa shape index (κ3) is 7.47. The van der Waals surface area contributed by atoms with Crippen LogP contribution in [0.15, 0.2) is 47.4 Å². The van der Waals surface area contributed by atoms with E-state index < -0.39 is 11.8 Å². The Bertz CT molecular complexity index is 1070. The molecule has 1 N–H and O–H groups in total. The van der Waals surface area contributed by atoms with Gasteiger partial charge in [-0.1, -0.05) is 86.1 Å². The molecule has 34 heavy (non-hydrogen) atoms. The van der Waals surface area contributed by atoms with E-state index >= 15 is 0 Å². The predicted molar refractivity (Wildman–Crippen MR) is 144 cm³/mol. The lowest BCUT2D eigenvalue weighted by molar-refractivity contribution is -0.123. The molecule has 180 valence electrons. The van der Waals surface area contributed by atoms with Crippen LogP contribution in [0.5, 0.6) is 5.75 Å². The van der Waals surface area contributed by atoms with Crippen molar-refractivity contribution < 1.29 is 14.3 Å². The van der Waals surface area contributed by atoms with Crippen LogP contribution in [-0.4, -0.2) is 27.8 Å². The highest BCUT2D eigenvalue weighted by Crippen LogP contribution is 2.32. The zero-order chi connectivity index (χ0) is 24.5. The molecule has 0 atom stereocenters. The molecule has 1 aliphatic heterocycles. The molecule has 2 aromatic carbocycles.